The Morgan fingerprint density at radius 1 is 1.12 bits per heavy atom. The first kappa shape index (κ1) is 15.1. The lowest BCUT2D eigenvalue weighted by molar-refractivity contribution is -0.140. The van der Waals surface area contributed by atoms with Gasteiger partial charge in [-0.25, -0.2) is 0 Å². The van der Waals surface area contributed by atoms with E-state index in [1.165, 1.54) is 0 Å². The van der Waals surface area contributed by atoms with Crippen LogP contribution in [-0.2, 0) is 16.8 Å². The number of anilines is 1. The fourth-order valence-corrected chi connectivity index (χ4v) is 4.11. The Labute approximate surface area is 140 Å². The number of hydrogen-bond acceptors (Lipinski definition) is 3. The molecule has 1 amide bonds. The molecule has 4 heteroatoms. The number of likely N-dealkylation sites (N-methyl/N-ethyl adjacent to an activating group) is 1. The third-order valence-electron chi connectivity index (χ3n) is 5.30. The zero-order valence-electron chi connectivity index (χ0n) is 13.5. The fourth-order valence-electron chi connectivity index (χ4n) is 4.11. The number of fused-ring (bicyclic) bond motifs is 2. The van der Waals surface area contributed by atoms with Crippen molar-refractivity contribution in [3.8, 4) is 0 Å². The number of carbonyl (C=O) groups is 2. The van der Waals surface area contributed by atoms with Crippen molar-refractivity contribution in [1.29, 1.82) is 0 Å². The van der Waals surface area contributed by atoms with Crippen LogP contribution in [0.2, 0.25) is 0 Å². The minimum atomic E-state index is -1.77. The van der Waals surface area contributed by atoms with E-state index in [4.69, 9.17) is 0 Å². The van der Waals surface area contributed by atoms with E-state index in [2.05, 4.69) is 0 Å². The SMILES string of the molecule is CCN1C(=O)[C@@](O)([C@H]2CCc3ccccc3C2=O)c2ccccc21. The lowest BCUT2D eigenvalue weighted by Crippen LogP contribution is -2.49. The highest BCUT2D eigenvalue weighted by Gasteiger charge is 2.57. The summed E-state index contributed by atoms with van der Waals surface area (Å²) < 4.78 is 0. The smallest absolute Gasteiger partial charge is 0.264 e. The molecule has 0 saturated carbocycles. The van der Waals surface area contributed by atoms with Crippen molar-refractivity contribution in [3.63, 3.8) is 0 Å². The molecule has 2 aromatic rings. The quantitative estimate of drug-likeness (QED) is 0.925. The summed E-state index contributed by atoms with van der Waals surface area (Å²) in [6, 6.07) is 14.7. The van der Waals surface area contributed by atoms with Crippen molar-refractivity contribution in [2.24, 2.45) is 5.92 Å². The van der Waals surface area contributed by atoms with Crippen LogP contribution in [0.3, 0.4) is 0 Å². The van der Waals surface area contributed by atoms with Gasteiger partial charge in [-0.05, 0) is 31.4 Å². The van der Waals surface area contributed by atoms with Crippen molar-refractivity contribution < 1.29 is 14.7 Å². The number of amides is 1. The summed E-state index contributed by atoms with van der Waals surface area (Å²) in [5, 5.41) is 11.4. The third-order valence-corrected chi connectivity index (χ3v) is 5.30. The highest BCUT2D eigenvalue weighted by atomic mass is 16.3. The molecular weight excluding hydrogens is 302 g/mol. The Bertz CT molecular complexity index is 844. The molecule has 1 N–H and O–H groups in total. The van der Waals surface area contributed by atoms with Gasteiger partial charge in [0.1, 0.15) is 0 Å². The number of carbonyl (C=O) groups excluding carboxylic acids is 2. The number of nitrogens with zero attached hydrogens (tertiary/aromatic N) is 1. The summed E-state index contributed by atoms with van der Waals surface area (Å²) in [6.45, 7) is 2.34. The molecule has 0 spiro atoms. The van der Waals surface area contributed by atoms with Crippen molar-refractivity contribution in [3.05, 3.63) is 65.2 Å². The van der Waals surface area contributed by atoms with E-state index in [0.29, 0.717) is 36.2 Å². The summed E-state index contributed by atoms with van der Waals surface area (Å²) >= 11 is 0. The molecule has 0 radical (unpaired) electrons. The van der Waals surface area contributed by atoms with E-state index < -0.39 is 11.5 Å². The van der Waals surface area contributed by atoms with Gasteiger partial charge in [0.25, 0.3) is 5.91 Å². The van der Waals surface area contributed by atoms with Crippen LogP contribution in [-0.4, -0.2) is 23.3 Å². The zero-order chi connectivity index (χ0) is 16.9. The standard InChI is InChI=1S/C20H19NO3/c1-2-21-17-10-6-5-9-15(17)20(24,19(21)23)16-12-11-13-7-3-4-8-14(13)18(16)22/h3-10,16,24H,2,11-12H2,1H3/t16-,20-/m0/s1. The van der Waals surface area contributed by atoms with Gasteiger partial charge in [-0.1, -0.05) is 42.5 Å². The summed E-state index contributed by atoms with van der Waals surface area (Å²) in [5.41, 5.74) is 1.11. The lowest BCUT2D eigenvalue weighted by atomic mass is 9.71. The van der Waals surface area contributed by atoms with Gasteiger partial charge in [-0.3, -0.25) is 9.59 Å². The summed E-state index contributed by atoms with van der Waals surface area (Å²) in [4.78, 5) is 27.6. The van der Waals surface area contributed by atoms with E-state index in [0.717, 1.165) is 5.56 Å². The maximum Gasteiger partial charge on any atom is 0.264 e. The van der Waals surface area contributed by atoms with Gasteiger partial charge in [-0.2, -0.15) is 0 Å². The van der Waals surface area contributed by atoms with Crippen LogP contribution in [0.4, 0.5) is 5.69 Å². The van der Waals surface area contributed by atoms with Crippen LogP contribution in [0, 0.1) is 5.92 Å². The van der Waals surface area contributed by atoms with Gasteiger partial charge in [-0.15, -0.1) is 0 Å². The topological polar surface area (TPSA) is 57.6 Å². The summed E-state index contributed by atoms with van der Waals surface area (Å²) in [7, 11) is 0. The van der Waals surface area contributed by atoms with Gasteiger partial charge in [0, 0.05) is 17.7 Å². The summed E-state index contributed by atoms with van der Waals surface area (Å²) in [5.74, 6) is -1.26. The molecule has 1 aliphatic heterocycles. The minimum Gasteiger partial charge on any atom is -0.375 e. The molecule has 0 aromatic heterocycles. The average Bonchev–Trinajstić information content (AvgIpc) is 2.84. The van der Waals surface area contributed by atoms with E-state index in [1.807, 2.05) is 37.3 Å². The average molecular weight is 321 g/mol. The van der Waals surface area contributed by atoms with Crippen LogP contribution in [0.25, 0.3) is 0 Å². The summed E-state index contributed by atoms with van der Waals surface area (Å²) in [6.07, 6.45) is 1.17. The third kappa shape index (κ3) is 1.83. The second-order valence-electron chi connectivity index (χ2n) is 6.45. The van der Waals surface area contributed by atoms with Gasteiger partial charge in [0.15, 0.2) is 11.4 Å². The fraction of sp³-hybridized carbons (Fsp3) is 0.300. The maximum atomic E-state index is 13.0. The molecule has 0 unspecified atom stereocenters. The van der Waals surface area contributed by atoms with Crippen molar-refractivity contribution in [1.82, 2.24) is 0 Å². The molecule has 4 nitrogen and oxygen atoms in total. The number of para-hydroxylation sites is 1. The van der Waals surface area contributed by atoms with Gasteiger partial charge >= 0.3 is 0 Å². The van der Waals surface area contributed by atoms with E-state index in [1.54, 1.807) is 23.1 Å². The van der Waals surface area contributed by atoms with Crippen molar-refractivity contribution >= 4 is 17.4 Å². The lowest BCUT2D eigenvalue weighted by Gasteiger charge is -2.34. The van der Waals surface area contributed by atoms with Crippen LogP contribution in [0.1, 0.15) is 34.8 Å². The monoisotopic (exact) mass is 321 g/mol. The molecule has 0 bridgehead atoms. The number of rotatable bonds is 2. The van der Waals surface area contributed by atoms with E-state index >= 15 is 0 Å². The molecule has 0 saturated heterocycles. The molecule has 2 atom stereocenters. The molecule has 4 rings (SSSR count). The normalized spacial score (nSPS) is 25.6. The second-order valence-corrected chi connectivity index (χ2v) is 6.45. The van der Waals surface area contributed by atoms with Gasteiger partial charge in [0.2, 0.25) is 0 Å². The Morgan fingerprint density at radius 2 is 1.83 bits per heavy atom. The van der Waals surface area contributed by atoms with Crippen molar-refractivity contribution in [2.75, 3.05) is 11.4 Å². The van der Waals surface area contributed by atoms with Gasteiger partial charge in [0.05, 0.1) is 11.6 Å². The molecular formula is C20H19NO3. The van der Waals surface area contributed by atoms with Crippen LogP contribution < -0.4 is 4.90 Å². The Balaban J connectivity index is 1.85. The second kappa shape index (κ2) is 5.28. The molecule has 0 fully saturated rings. The van der Waals surface area contributed by atoms with Crippen molar-refractivity contribution in [2.45, 2.75) is 25.4 Å². The zero-order valence-corrected chi connectivity index (χ0v) is 13.5. The number of aliphatic hydroxyl groups is 1. The van der Waals surface area contributed by atoms with Crippen LogP contribution >= 0.6 is 0 Å². The first-order valence-electron chi connectivity index (χ1n) is 8.35. The highest BCUT2D eigenvalue weighted by molar-refractivity contribution is 6.12. The number of ketones is 1. The first-order valence-corrected chi connectivity index (χ1v) is 8.35. The number of Topliss-reactive ketones (excluding diaryl/α,β-unsaturated/α-hetero) is 1. The molecule has 1 aliphatic carbocycles. The predicted molar refractivity (Wildman–Crippen MR) is 90.9 cm³/mol. The molecule has 2 aliphatic rings. The Hall–Kier alpha value is -2.46. The Morgan fingerprint density at radius 3 is 2.62 bits per heavy atom. The van der Waals surface area contributed by atoms with Gasteiger partial charge < -0.3 is 10.0 Å². The van der Waals surface area contributed by atoms with E-state index in [-0.39, 0.29) is 11.7 Å². The molecule has 2 aromatic carbocycles. The molecule has 122 valence electrons. The first-order chi connectivity index (χ1) is 11.6. The number of benzene rings is 2. The molecule has 1 heterocycles. The van der Waals surface area contributed by atoms with Crippen LogP contribution in [0.15, 0.2) is 48.5 Å². The largest absolute Gasteiger partial charge is 0.375 e. The minimum absolute atomic E-state index is 0.138. The maximum absolute atomic E-state index is 13.0. The highest BCUT2D eigenvalue weighted by Crippen LogP contribution is 2.48. The van der Waals surface area contributed by atoms with Crippen LogP contribution in [0.5, 0.6) is 0 Å². The Kier molecular flexibility index (Phi) is 3.32. The number of hydrogen-bond donors (Lipinski definition) is 1. The predicted octanol–water partition coefficient (Wildman–Crippen LogP) is 2.69. The number of aryl methyl sites for hydroxylation is 1. The van der Waals surface area contributed by atoms with E-state index in [9.17, 15) is 14.7 Å². The molecule has 24 heavy (non-hydrogen) atoms.